The van der Waals surface area contributed by atoms with Crippen LogP contribution in [0.4, 0.5) is 5.82 Å². The molecule has 3 aliphatic rings. The molecule has 3 saturated carbocycles. The van der Waals surface area contributed by atoms with Crippen LogP contribution in [0.5, 0.6) is 0 Å². The van der Waals surface area contributed by atoms with Crippen LogP contribution >= 0.6 is 0 Å². The fourth-order valence-corrected chi connectivity index (χ4v) is 4.70. The Morgan fingerprint density at radius 2 is 1.54 bits per heavy atom. The molecule has 2 amide bonds. The second kappa shape index (κ2) is 7.80. The second-order valence-corrected chi connectivity index (χ2v) is 8.39. The molecule has 0 unspecified atom stereocenters. The van der Waals surface area contributed by atoms with Crippen LogP contribution in [0.1, 0.15) is 82.2 Å². The molecule has 0 atom stereocenters. The van der Waals surface area contributed by atoms with Crippen LogP contribution in [0.3, 0.4) is 0 Å². The van der Waals surface area contributed by atoms with Gasteiger partial charge in [0.2, 0.25) is 11.8 Å². The summed E-state index contributed by atoms with van der Waals surface area (Å²) in [6, 6.07) is 2.25. The number of carbonyl (C=O) groups is 2. The number of nitrogens with zero attached hydrogens (tertiary/aromatic N) is 1. The number of carbonyl (C=O) groups excluding carboxylic acids is 2. The Morgan fingerprint density at radius 3 is 2.23 bits per heavy atom. The number of amides is 2. The number of anilines is 1. The van der Waals surface area contributed by atoms with Gasteiger partial charge in [-0.05, 0) is 38.5 Å². The summed E-state index contributed by atoms with van der Waals surface area (Å²) < 4.78 is 0. The van der Waals surface area contributed by atoms with Gasteiger partial charge in [-0.2, -0.15) is 5.10 Å². The van der Waals surface area contributed by atoms with E-state index in [1.54, 1.807) is 0 Å². The summed E-state index contributed by atoms with van der Waals surface area (Å²) in [4.78, 5) is 24.5. The average molecular weight is 358 g/mol. The molecule has 3 N–H and O–H groups in total. The SMILES string of the molecule is O=C(Nc1cc(C2CC(NC(=O)C3CCCC3)C2)[nH]n1)C1CCCCC1. The molecule has 6 heteroatoms. The lowest BCUT2D eigenvalue weighted by molar-refractivity contribution is -0.126. The van der Waals surface area contributed by atoms with E-state index in [1.807, 2.05) is 6.07 Å². The van der Waals surface area contributed by atoms with E-state index in [0.717, 1.165) is 57.1 Å². The molecule has 0 saturated heterocycles. The van der Waals surface area contributed by atoms with E-state index in [1.165, 1.54) is 19.3 Å². The molecule has 0 aliphatic heterocycles. The van der Waals surface area contributed by atoms with Gasteiger partial charge in [-0.1, -0.05) is 32.1 Å². The standard InChI is InChI=1S/C20H30N4O2/c25-19(13-8-4-5-9-13)21-16-10-15(11-16)17-12-18(24-23-17)22-20(26)14-6-2-1-3-7-14/h12-16H,1-11H2,(H,21,25)(H2,22,23,24,26). The van der Waals surface area contributed by atoms with Gasteiger partial charge in [-0.15, -0.1) is 0 Å². The normalized spacial score (nSPS) is 27.1. The van der Waals surface area contributed by atoms with E-state index < -0.39 is 0 Å². The van der Waals surface area contributed by atoms with Crippen LogP contribution < -0.4 is 10.6 Å². The summed E-state index contributed by atoms with van der Waals surface area (Å²) in [5, 5.41) is 13.5. The summed E-state index contributed by atoms with van der Waals surface area (Å²) in [7, 11) is 0. The smallest absolute Gasteiger partial charge is 0.228 e. The maximum absolute atomic E-state index is 12.3. The first-order valence-electron chi connectivity index (χ1n) is 10.4. The number of hydrogen-bond acceptors (Lipinski definition) is 3. The molecular weight excluding hydrogens is 328 g/mol. The minimum atomic E-state index is 0.109. The number of hydrogen-bond donors (Lipinski definition) is 3. The Kier molecular flexibility index (Phi) is 5.27. The van der Waals surface area contributed by atoms with Crippen LogP contribution in [0, 0.1) is 11.8 Å². The zero-order chi connectivity index (χ0) is 17.9. The minimum absolute atomic E-state index is 0.109. The third kappa shape index (κ3) is 3.94. The average Bonchev–Trinajstić information content (AvgIpc) is 3.30. The highest BCUT2D eigenvalue weighted by atomic mass is 16.2. The van der Waals surface area contributed by atoms with Gasteiger partial charge < -0.3 is 10.6 Å². The first kappa shape index (κ1) is 17.6. The molecule has 0 bridgehead atoms. The first-order valence-corrected chi connectivity index (χ1v) is 10.4. The number of aromatic nitrogens is 2. The zero-order valence-corrected chi connectivity index (χ0v) is 15.4. The van der Waals surface area contributed by atoms with Crippen molar-refractivity contribution in [2.45, 2.75) is 82.6 Å². The molecule has 1 heterocycles. The minimum Gasteiger partial charge on any atom is -0.353 e. The lowest BCUT2D eigenvalue weighted by Crippen LogP contribution is -2.45. The number of nitrogens with one attached hydrogen (secondary N) is 3. The van der Waals surface area contributed by atoms with Gasteiger partial charge >= 0.3 is 0 Å². The lowest BCUT2D eigenvalue weighted by Gasteiger charge is -2.35. The summed E-state index contributed by atoms with van der Waals surface area (Å²) in [6.07, 6.45) is 11.9. The summed E-state index contributed by atoms with van der Waals surface area (Å²) in [6.45, 7) is 0. The third-order valence-corrected chi connectivity index (χ3v) is 6.48. The van der Waals surface area contributed by atoms with Crippen LogP contribution in [0.15, 0.2) is 6.07 Å². The molecule has 6 nitrogen and oxygen atoms in total. The molecule has 1 aromatic heterocycles. The molecule has 3 aliphatic carbocycles. The quantitative estimate of drug-likeness (QED) is 0.753. The monoisotopic (exact) mass is 358 g/mol. The van der Waals surface area contributed by atoms with E-state index in [-0.39, 0.29) is 29.7 Å². The van der Waals surface area contributed by atoms with E-state index in [0.29, 0.717) is 11.7 Å². The molecular formula is C20H30N4O2. The van der Waals surface area contributed by atoms with Gasteiger partial charge in [0, 0.05) is 35.6 Å². The molecule has 4 rings (SSSR count). The van der Waals surface area contributed by atoms with Crippen molar-refractivity contribution < 1.29 is 9.59 Å². The Bertz CT molecular complexity index is 638. The largest absolute Gasteiger partial charge is 0.353 e. The predicted molar refractivity (Wildman–Crippen MR) is 99.7 cm³/mol. The number of aromatic amines is 1. The fourth-order valence-electron chi connectivity index (χ4n) is 4.70. The van der Waals surface area contributed by atoms with E-state index in [4.69, 9.17) is 0 Å². The van der Waals surface area contributed by atoms with Crippen LogP contribution in [-0.4, -0.2) is 28.1 Å². The van der Waals surface area contributed by atoms with Crippen molar-refractivity contribution in [1.29, 1.82) is 0 Å². The van der Waals surface area contributed by atoms with Crippen molar-refractivity contribution >= 4 is 17.6 Å². The molecule has 0 spiro atoms. The molecule has 3 fully saturated rings. The van der Waals surface area contributed by atoms with Crippen LogP contribution in [-0.2, 0) is 9.59 Å². The van der Waals surface area contributed by atoms with E-state index >= 15 is 0 Å². The van der Waals surface area contributed by atoms with Crippen molar-refractivity contribution in [2.75, 3.05) is 5.32 Å². The molecule has 0 radical (unpaired) electrons. The van der Waals surface area contributed by atoms with Gasteiger partial charge in [-0.25, -0.2) is 0 Å². The molecule has 1 aromatic rings. The Hall–Kier alpha value is -1.85. The Balaban J connectivity index is 1.23. The topological polar surface area (TPSA) is 86.9 Å². The van der Waals surface area contributed by atoms with Crippen molar-refractivity contribution in [2.24, 2.45) is 11.8 Å². The van der Waals surface area contributed by atoms with Gasteiger partial charge in [0.25, 0.3) is 0 Å². The summed E-state index contributed by atoms with van der Waals surface area (Å²) in [5.74, 6) is 1.77. The van der Waals surface area contributed by atoms with E-state index in [2.05, 4.69) is 20.8 Å². The van der Waals surface area contributed by atoms with Crippen LogP contribution in [0.25, 0.3) is 0 Å². The van der Waals surface area contributed by atoms with Crippen molar-refractivity contribution in [3.8, 4) is 0 Å². The first-order chi connectivity index (χ1) is 12.7. The van der Waals surface area contributed by atoms with Crippen molar-refractivity contribution in [3.63, 3.8) is 0 Å². The van der Waals surface area contributed by atoms with Gasteiger partial charge in [0.15, 0.2) is 5.82 Å². The highest BCUT2D eigenvalue weighted by molar-refractivity contribution is 5.91. The van der Waals surface area contributed by atoms with Gasteiger partial charge in [0.05, 0.1) is 0 Å². The third-order valence-electron chi connectivity index (χ3n) is 6.48. The molecule has 0 aromatic carbocycles. The van der Waals surface area contributed by atoms with Gasteiger partial charge in [-0.3, -0.25) is 14.7 Å². The highest BCUT2D eigenvalue weighted by Crippen LogP contribution is 2.37. The van der Waals surface area contributed by atoms with Crippen LogP contribution in [0.2, 0.25) is 0 Å². The maximum atomic E-state index is 12.3. The fraction of sp³-hybridized carbons (Fsp3) is 0.750. The highest BCUT2D eigenvalue weighted by Gasteiger charge is 2.34. The lowest BCUT2D eigenvalue weighted by atomic mass is 9.78. The second-order valence-electron chi connectivity index (χ2n) is 8.39. The molecule has 26 heavy (non-hydrogen) atoms. The van der Waals surface area contributed by atoms with E-state index in [9.17, 15) is 9.59 Å². The number of rotatable bonds is 5. The van der Waals surface area contributed by atoms with Gasteiger partial charge in [0.1, 0.15) is 0 Å². The maximum Gasteiger partial charge on any atom is 0.228 e. The Labute approximate surface area is 154 Å². The molecule has 142 valence electrons. The summed E-state index contributed by atoms with van der Waals surface area (Å²) >= 11 is 0. The Morgan fingerprint density at radius 1 is 0.923 bits per heavy atom. The zero-order valence-electron chi connectivity index (χ0n) is 15.4. The summed E-state index contributed by atoms with van der Waals surface area (Å²) in [5.41, 5.74) is 1.07. The predicted octanol–water partition coefficient (Wildman–Crippen LogP) is 3.48. The van der Waals surface area contributed by atoms with Crippen molar-refractivity contribution in [3.05, 3.63) is 11.8 Å². The number of H-pyrrole nitrogens is 1. The van der Waals surface area contributed by atoms with Crippen molar-refractivity contribution in [1.82, 2.24) is 15.5 Å².